The van der Waals surface area contributed by atoms with Crippen LogP contribution in [0.1, 0.15) is 57.6 Å². The largest absolute Gasteiger partial charge is 0.394 e. The maximum absolute atomic E-state index is 15.6. The summed E-state index contributed by atoms with van der Waals surface area (Å²) in [4.78, 5) is 13.6. The number of nitrogens with two attached hydrogens (primary N) is 1. The second kappa shape index (κ2) is 12.1. The molecule has 210 valence electrons. The van der Waals surface area contributed by atoms with E-state index in [1.54, 1.807) is 6.07 Å². The quantitative estimate of drug-likeness (QED) is 0.289. The number of carbonyl (C=O) groups excluding carboxylic acids is 1. The van der Waals surface area contributed by atoms with Gasteiger partial charge in [-0.3, -0.25) is 4.79 Å². The number of rotatable bonds is 10. The van der Waals surface area contributed by atoms with E-state index in [1.165, 1.54) is 24.3 Å². The molecule has 2 aromatic carbocycles. The summed E-state index contributed by atoms with van der Waals surface area (Å²) in [6, 6.07) is 6.95. The summed E-state index contributed by atoms with van der Waals surface area (Å²) in [7, 11) is 0. The van der Waals surface area contributed by atoms with Gasteiger partial charge >= 0.3 is 0 Å². The van der Waals surface area contributed by atoms with E-state index < -0.39 is 53.8 Å². The zero-order chi connectivity index (χ0) is 28.4. The lowest BCUT2D eigenvalue weighted by molar-refractivity contribution is -0.123. The molecule has 38 heavy (non-hydrogen) atoms. The van der Waals surface area contributed by atoms with Crippen LogP contribution < -0.4 is 16.4 Å². The fourth-order valence-electron chi connectivity index (χ4n) is 5.12. The van der Waals surface area contributed by atoms with Gasteiger partial charge in [-0.1, -0.05) is 69.1 Å². The number of halogens is 4. The normalized spacial score (nSPS) is 24.6. The summed E-state index contributed by atoms with van der Waals surface area (Å²) in [6.45, 7) is 7.90. The van der Waals surface area contributed by atoms with E-state index in [4.69, 9.17) is 34.0 Å². The molecule has 3 rings (SSSR count). The molecule has 1 heterocycles. The summed E-state index contributed by atoms with van der Waals surface area (Å²) in [5.74, 6) is -2.71. The summed E-state index contributed by atoms with van der Waals surface area (Å²) in [6.07, 6.45) is -0.423. The minimum Gasteiger partial charge on any atom is -0.394 e. The van der Waals surface area contributed by atoms with Gasteiger partial charge in [-0.2, -0.15) is 0 Å². The van der Waals surface area contributed by atoms with Gasteiger partial charge in [-0.25, -0.2) is 8.78 Å². The van der Waals surface area contributed by atoms with Gasteiger partial charge in [0.15, 0.2) is 0 Å². The Morgan fingerprint density at radius 3 is 2.53 bits per heavy atom. The minimum absolute atomic E-state index is 0.0680. The molecule has 2 aromatic rings. The van der Waals surface area contributed by atoms with Gasteiger partial charge in [0.2, 0.25) is 5.91 Å². The van der Waals surface area contributed by atoms with Crippen molar-refractivity contribution in [1.29, 1.82) is 0 Å². The van der Waals surface area contributed by atoms with E-state index in [9.17, 15) is 9.90 Å². The molecular formula is C28H37Cl2F2N3O3. The first-order valence-corrected chi connectivity index (χ1v) is 13.5. The second-order valence-electron chi connectivity index (χ2n) is 11.1. The van der Waals surface area contributed by atoms with Crippen molar-refractivity contribution in [1.82, 2.24) is 10.6 Å². The molecule has 0 radical (unpaired) electrons. The Morgan fingerprint density at radius 1 is 1.24 bits per heavy atom. The zero-order valence-electron chi connectivity index (χ0n) is 22.1. The zero-order valence-corrected chi connectivity index (χ0v) is 23.6. The van der Waals surface area contributed by atoms with Crippen molar-refractivity contribution in [3.05, 3.63) is 69.2 Å². The van der Waals surface area contributed by atoms with E-state index in [2.05, 4.69) is 38.3 Å². The Labute approximate surface area is 232 Å². The van der Waals surface area contributed by atoms with Crippen LogP contribution in [0, 0.1) is 23.0 Å². The van der Waals surface area contributed by atoms with Crippen LogP contribution in [0.3, 0.4) is 0 Å². The number of benzene rings is 2. The third kappa shape index (κ3) is 6.16. The lowest BCUT2D eigenvalue weighted by atomic mass is 9.66. The fraction of sp³-hybridized carbons (Fsp3) is 0.536. The van der Waals surface area contributed by atoms with Gasteiger partial charge in [0.25, 0.3) is 0 Å². The number of hydrogen-bond donors (Lipinski definition) is 5. The summed E-state index contributed by atoms with van der Waals surface area (Å²) < 4.78 is 31.2. The number of nitrogens with one attached hydrogen (secondary N) is 2. The Hall–Kier alpha value is -1.81. The van der Waals surface area contributed by atoms with Crippen molar-refractivity contribution in [2.24, 2.45) is 17.1 Å². The molecule has 6 nitrogen and oxygen atoms in total. The van der Waals surface area contributed by atoms with Gasteiger partial charge in [-0.15, -0.1) is 0 Å². The first-order valence-electron chi connectivity index (χ1n) is 12.7. The van der Waals surface area contributed by atoms with Crippen LogP contribution in [0.5, 0.6) is 0 Å². The lowest BCUT2D eigenvalue weighted by Crippen LogP contribution is -2.53. The third-order valence-corrected chi connectivity index (χ3v) is 8.61. The maximum atomic E-state index is 15.6. The van der Waals surface area contributed by atoms with E-state index in [-0.39, 0.29) is 45.5 Å². The molecule has 1 amide bonds. The Balaban J connectivity index is 2.20. The predicted octanol–water partition coefficient (Wildman–Crippen LogP) is 4.48. The Morgan fingerprint density at radius 2 is 1.92 bits per heavy atom. The first kappa shape index (κ1) is 30.7. The van der Waals surface area contributed by atoms with Gasteiger partial charge in [0.1, 0.15) is 11.6 Å². The first-order chi connectivity index (χ1) is 17.7. The molecule has 1 aliphatic heterocycles. The molecule has 5 atom stereocenters. The number of aliphatic hydroxyl groups excluding tert-OH is 2. The highest BCUT2D eigenvalue weighted by molar-refractivity contribution is 6.31. The molecule has 0 saturated carbocycles. The number of amides is 1. The molecule has 1 aliphatic rings. The van der Waals surface area contributed by atoms with E-state index >= 15 is 8.78 Å². The summed E-state index contributed by atoms with van der Waals surface area (Å²) >= 11 is 12.2. The smallest absolute Gasteiger partial charge is 0.237 e. The second-order valence-corrected chi connectivity index (χ2v) is 12.0. The van der Waals surface area contributed by atoms with Crippen LogP contribution >= 0.6 is 23.2 Å². The van der Waals surface area contributed by atoms with E-state index in [0.29, 0.717) is 6.42 Å². The average Bonchev–Trinajstić information content (AvgIpc) is 3.12. The van der Waals surface area contributed by atoms with Crippen LogP contribution in [0.25, 0.3) is 0 Å². The summed E-state index contributed by atoms with van der Waals surface area (Å²) in [5.41, 5.74) is 5.54. The van der Waals surface area contributed by atoms with Gasteiger partial charge in [0.05, 0.1) is 29.3 Å². The average molecular weight is 573 g/mol. The number of aliphatic hydroxyl groups is 2. The van der Waals surface area contributed by atoms with Crippen molar-refractivity contribution in [3.8, 4) is 0 Å². The van der Waals surface area contributed by atoms with Crippen molar-refractivity contribution < 1.29 is 23.8 Å². The topological polar surface area (TPSA) is 108 Å². The molecular weight excluding hydrogens is 535 g/mol. The van der Waals surface area contributed by atoms with Gasteiger partial charge in [0, 0.05) is 29.1 Å². The molecule has 0 aromatic heterocycles. The minimum atomic E-state index is -1.57. The lowest BCUT2D eigenvalue weighted by Gasteiger charge is -2.41. The van der Waals surface area contributed by atoms with Crippen molar-refractivity contribution in [3.63, 3.8) is 0 Å². The maximum Gasteiger partial charge on any atom is 0.237 e. The van der Waals surface area contributed by atoms with Gasteiger partial charge in [-0.05, 0) is 47.9 Å². The molecule has 0 unspecified atom stereocenters. The summed E-state index contributed by atoms with van der Waals surface area (Å²) in [5, 5.41) is 24.9. The number of hydrogen-bond acceptors (Lipinski definition) is 5. The van der Waals surface area contributed by atoms with Crippen LogP contribution in [0.4, 0.5) is 8.78 Å². The van der Waals surface area contributed by atoms with Crippen LogP contribution in [0.2, 0.25) is 10.0 Å². The molecule has 1 saturated heterocycles. The van der Waals surface area contributed by atoms with Crippen molar-refractivity contribution in [2.45, 2.75) is 70.2 Å². The van der Waals surface area contributed by atoms with Gasteiger partial charge < -0.3 is 26.6 Å². The highest BCUT2D eigenvalue weighted by atomic mass is 35.5. The standard InChI is InChI=1S/C28H37Cl2F2N3O3/c1-15(2)27(3,4)13-22-28(33,19-9-8-16(29)12-21(19)31)23(18-6-5-7-20(30)24(18)32)25(35-22)26(38)34-11-10-17(37)14-36/h5-9,12,15,17,22-23,25,35-37H,10-11,13-14,33H2,1-4H3,(H,34,38)/t17-,22-,23-,25+,28+/m0/s1. The molecule has 1 fully saturated rings. The SMILES string of the molecule is CC(C)C(C)(C)C[C@@H]1N[C@@H](C(=O)NCC[C@H](O)CO)[C@H](c2cccc(Cl)c2F)[C@@]1(N)c1ccc(Cl)cc1F. The predicted molar refractivity (Wildman–Crippen MR) is 146 cm³/mol. The highest BCUT2D eigenvalue weighted by Crippen LogP contribution is 2.50. The molecule has 0 bridgehead atoms. The van der Waals surface area contributed by atoms with Crippen LogP contribution in [-0.2, 0) is 10.3 Å². The molecule has 0 aliphatic carbocycles. The van der Waals surface area contributed by atoms with E-state index in [1.807, 2.05) is 0 Å². The van der Waals surface area contributed by atoms with Crippen LogP contribution in [0.15, 0.2) is 36.4 Å². The fourth-order valence-corrected chi connectivity index (χ4v) is 5.46. The Kier molecular flexibility index (Phi) is 9.82. The highest BCUT2D eigenvalue weighted by Gasteiger charge is 2.58. The number of carbonyl (C=O) groups is 1. The monoisotopic (exact) mass is 571 g/mol. The van der Waals surface area contributed by atoms with E-state index in [0.717, 1.165) is 6.07 Å². The van der Waals surface area contributed by atoms with Crippen molar-refractivity contribution >= 4 is 29.1 Å². The molecule has 10 heteroatoms. The van der Waals surface area contributed by atoms with Crippen molar-refractivity contribution in [2.75, 3.05) is 13.2 Å². The third-order valence-electron chi connectivity index (χ3n) is 8.08. The van der Waals surface area contributed by atoms with Crippen LogP contribution in [-0.4, -0.2) is 47.5 Å². The molecule has 0 spiro atoms. The molecule has 6 N–H and O–H groups in total. The Bertz CT molecular complexity index is 1150.